The van der Waals surface area contributed by atoms with Gasteiger partial charge in [-0.2, -0.15) is 13.2 Å². The van der Waals surface area contributed by atoms with Gasteiger partial charge in [0.2, 0.25) is 0 Å². The Morgan fingerprint density at radius 3 is 2.20 bits per heavy atom. The molecule has 114 valence electrons. The van der Waals surface area contributed by atoms with Gasteiger partial charge in [-0.25, -0.2) is 0 Å². The van der Waals surface area contributed by atoms with Crippen LogP contribution in [0.15, 0.2) is 21.1 Å². The van der Waals surface area contributed by atoms with E-state index in [1.807, 2.05) is 12.1 Å². The lowest BCUT2D eigenvalue weighted by molar-refractivity contribution is -0.175. The summed E-state index contributed by atoms with van der Waals surface area (Å²) < 4.78 is 46.9. The highest BCUT2D eigenvalue weighted by molar-refractivity contribution is 9.11. The molecule has 2 N–H and O–H groups in total. The lowest BCUT2D eigenvalue weighted by Gasteiger charge is -2.13. The van der Waals surface area contributed by atoms with Gasteiger partial charge in [0.1, 0.15) is 19.0 Å². The molecule has 0 unspecified atom stereocenters. The summed E-state index contributed by atoms with van der Waals surface area (Å²) in [4.78, 5) is 0. The Bertz CT molecular complexity index is 418. The van der Waals surface area contributed by atoms with Crippen LogP contribution >= 0.6 is 31.9 Å². The Balaban J connectivity index is 2.48. The molecule has 0 aliphatic carbocycles. The summed E-state index contributed by atoms with van der Waals surface area (Å²) in [6.45, 7) is -0.842. The fourth-order valence-electron chi connectivity index (χ4n) is 1.45. The first-order valence-electron chi connectivity index (χ1n) is 5.79. The highest BCUT2D eigenvalue weighted by Crippen LogP contribution is 2.34. The van der Waals surface area contributed by atoms with Crippen molar-refractivity contribution in [2.75, 3.05) is 26.4 Å². The largest absolute Gasteiger partial charge is 0.489 e. The molecule has 8 heteroatoms. The van der Waals surface area contributed by atoms with E-state index in [0.29, 0.717) is 21.2 Å². The topological polar surface area (TPSA) is 44.5 Å². The van der Waals surface area contributed by atoms with Gasteiger partial charge < -0.3 is 15.2 Å². The second kappa shape index (κ2) is 8.21. The minimum atomic E-state index is -4.31. The Morgan fingerprint density at radius 2 is 1.70 bits per heavy atom. The van der Waals surface area contributed by atoms with Gasteiger partial charge in [0.05, 0.1) is 15.6 Å². The molecule has 20 heavy (non-hydrogen) atoms. The van der Waals surface area contributed by atoms with Gasteiger partial charge in [0.15, 0.2) is 0 Å². The second-order valence-electron chi connectivity index (χ2n) is 3.94. The summed E-state index contributed by atoms with van der Waals surface area (Å²) in [5.41, 5.74) is 6.51. The molecule has 0 saturated carbocycles. The van der Waals surface area contributed by atoms with Crippen molar-refractivity contribution in [3.05, 3.63) is 26.6 Å². The van der Waals surface area contributed by atoms with Crippen LogP contribution in [0.1, 0.15) is 5.56 Å². The van der Waals surface area contributed by atoms with Crippen LogP contribution in [0.4, 0.5) is 13.2 Å². The first-order valence-corrected chi connectivity index (χ1v) is 7.37. The second-order valence-corrected chi connectivity index (χ2v) is 5.65. The number of hydrogen-bond donors (Lipinski definition) is 1. The van der Waals surface area contributed by atoms with E-state index in [9.17, 15) is 13.2 Å². The Labute approximate surface area is 131 Å². The molecule has 1 aromatic carbocycles. The van der Waals surface area contributed by atoms with E-state index >= 15 is 0 Å². The number of alkyl halides is 3. The van der Waals surface area contributed by atoms with Crippen molar-refractivity contribution in [2.24, 2.45) is 5.73 Å². The van der Waals surface area contributed by atoms with Crippen LogP contribution in [0.3, 0.4) is 0 Å². The van der Waals surface area contributed by atoms with E-state index in [0.717, 1.165) is 12.0 Å². The van der Waals surface area contributed by atoms with Crippen molar-refractivity contribution >= 4 is 31.9 Å². The number of halogens is 5. The summed E-state index contributed by atoms with van der Waals surface area (Å²) in [6.07, 6.45) is -3.59. The fraction of sp³-hybridized carbons (Fsp3) is 0.500. The number of benzene rings is 1. The predicted octanol–water partition coefficient (Wildman–Crippen LogP) is 3.67. The van der Waals surface area contributed by atoms with Crippen molar-refractivity contribution < 1.29 is 22.6 Å². The third-order valence-corrected chi connectivity index (χ3v) is 3.41. The van der Waals surface area contributed by atoms with Crippen LogP contribution in [0.25, 0.3) is 0 Å². The molecule has 0 bridgehead atoms. The Kier molecular flexibility index (Phi) is 7.28. The van der Waals surface area contributed by atoms with Crippen LogP contribution in [-0.2, 0) is 11.2 Å². The molecular weight excluding hydrogens is 407 g/mol. The van der Waals surface area contributed by atoms with Gasteiger partial charge in [0.25, 0.3) is 0 Å². The van der Waals surface area contributed by atoms with Crippen LogP contribution in [0, 0.1) is 0 Å². The van der Waals surface area contributed by atoms with Crippen LogP contribution < -0.4 is 10.5 Å². The van der Waals surface area contributed by atoms with Crippen molar-refractivity contribution in [2.45, 2.75) is 12.6 Å². The highest BCUT2D eigenvalue weighted by Gasteiger charge is 2.27. The maximum absolute atomic E-state index is 11.9. The van der Waals surface area contributed by atoms with Gasteiger partial charge in [0, 0.05) is 0 Å². The SMILES string of the molecule is NCCc1cc(Br)c(OCCOCC(F)(F)F)c(Br)c1. The zero-order valence-corrected chi connectivity index (χ0v) is 13.6. The average molecular weight is 421 g/mol. The third kappa shape index (κ3) is 6.43. The fourth-order valence-corrected chi connectivity index (χ4v) is 2.96. The molecular formula is C12H14Br2F3NO2. The number of rotatable bonds is 7. The van der Waals surface area contributed by atoms with Gasteiger partial charge in [-0.15, -0.1) is 0 Å². The van der Waals surface area contributed by atoms with Crippen LogP contribution in [-0.4, -0.2) is 32.5 Å². The van der Waals surface area contributed by atoms with Crippen molar-refractivity contribution in [1.29, 1.82) is 0 Å². The summed E-state index contributed by atoms with van der Waals surface area (Å²) in [5.74, 6) is 0.529. The van der Waals surface area contributed by atoms with Gasteiger partial charge >= 0.3 is 6.18 Å². The summed E-state index contributed by atoms with van der Waals surface area (Å²) in [5, 5.41) is 0. The summed E-state index contributed by atoms with van der Waals surface area (Å²) in [7, 11) is 0. The monoisotopic (exact) mass is 419 g/mol. The number of hydrogen-bond acceptors (Lipinski definition) is 3. The van der Waals surface area contributed by atoms with Crippen LogP contribution in [0.2, 0.25) is 0 Å². The third-order valence-electron chi connectivity index (χ3n) is 2.23. The zero-order chi connectivity index (χ0) is 15.2. The van der Waals surface area contributed by atoms with Crippen LogP contribution in [0.5, 0.6) is 5.75 Å². The van der Waals surface area contributed by atoms with Gasteiger partial charge in [-0.3, -0.25) is 0 Å². The lowest BCUT2D eigenvalue weighted by Crippen LogP contribution is -2.19. The zero-order valence-electron chi connectivity index (χ0n) is 10.5. The quantitative estimate of drug-likeness (QED) is 0.684. The minimum Gasteiger partial charge on any atom is -0.489 e. The van der Waals surface area contributed by atoms with Crippen molar-refractivity contribution in [3.8, 4) is 5.75 Å². The molecule has 0 saturated heterocycles. The average Bonchev–Trinajstić information content (AvgIpc) is 2.30. The maximum Gasteiger partial charge on any atom is 0.411 e. The number of nitrogens with two attached hydrogens (primary N) is 1. The summed E-state index contributed by atoms with van der Waals surface area (Å²) in [6, 6.07) is 3.73. The molecule has 0 radical (unpaired) electrons. The van der Waals surface area contributed by atoms with Gasteiger partial charge in [-0.1, -0.05) is 0 Å². The Morgan fingerprint density at radius 1 is 1.10 bits per heavy atom. The minimum absolute atomic E-state index is 0.0313. The van der Waals surface area contributed by atoms with E-state index in [1.165, 1.54) is 0 Å². The molecule has 0 aliphatic rings. The van der Waals surface area contributed by atoms with E-state index in [2.05, 4.69) is 36.6 Å². The van der Waals surface area contributed by atoms with Gasteiger partial charge in [-0.05, 0) is 62.5 Å². The molecule has 0 aliphatic heterocycles. The number of ether oxygens (including phenoxy) is 2. The van der Waals surface area contributed by atoms with E-state index in [1.54, 1.807) is 0 Å². The molecule has 1 rings (SSSR count). The normalized spacial score (nSPS) is 11.7. The molecule has 3 nitrogen and oxygen atoms in total. The molecule has 1 aromatic rings. The van der Waals surface area contributed by atoms with E-state index < -0.39 is 12.8 Å². The molecule has 0 aromatic heterocycles. The summed E-state index contributed by atoms with van der Waals surface area (Å²) >= 11 is 6.70. The molecule has 0 heterocycles. The Hall–Kier alpha value is -0.310. The van der Waals surface area contributed by atoms with E-state index in [4.69, 9.17) is 10.5 Å². The lowest BCUT2D eigenvalue weighted by atomic mass is 10.1. The molecule has 0 atom stereocenters. The molecule has 0 fully saturated rings. The van der Waals surface area contributed by atoms with Crippen molar-refractivity contribution in [3.63, 3.8) is 0 Å². The predicted molar refractivity (Wildman–Crippen MR) is 77.0 cm³/mol. The van der Waals surface area contributed by atoms with E-state index in [-0.39, 0.29) is 13.2 Å². The standard InChI is InChI=1S/C12H14Br2F3NO2/c13-9-5-8(1-2-18)6-10(14)11(9)20-4-3-19-7-12(15,16)17/h5-6H,1-4,7,18H2. The first kappa shape index (κ1) is 17.7. The van der Waals surface area contributed by atoms with Crippen molar-refractivity contribution in [1.82, 2.24) is 0 Å². The maximum atomic E-state index is 11.9. The smallest absolute Gasteiger partial charge is 0.411 e. The highest BCUT2D eigenvalue weighted by atomic mass is 79.9. The molecule has 0 amide bonds. The first-order chi connectivity index (χ1) is 9.33. The molecule has 0 spiro atoms.